The van der Waals surface area contributed by atoms with Crippen molar-refractivity contribution in [3.63, 3.8) is 0 Å². The largest absolute Gasteiger partial charge is 0.493 e. The number of hydrogen-bond donors (Lipinski definition) is 0. The Bertz CT molecular complexity index is 2380. The highest BCUT2D eigenvalue weighted by molar-refractivity contribution is 6.11. The van der Waals surface area contributed by atoms with E-state index in [-0.39, 0.29) is 13.6 Å². The van der Waals surface area contributed by atoms with E-state index in [1.54, 1.807) is 14.2 Å². The van der Waals surface area contributed by atoms with Gasteiger partial charge in [-0.05, 0) is 80.2 Å². The minimum absolute atomic E-state index is 0.146. The average Bonchev–Trinajstić information content (AvgIpc) is 3.22. The van der Waals surface area contributed by atoms with Crippen LogP contribution in [0.5, 0.6) is 23.0 Å². The molecule has 0 aliphatic heterocycles. The molecule has 8 aromatic carbocycles. The molecule has 0 bridgehead atoms. The van der Waals surface area contributed by atoms with Gasteiger partial charge in [-0.2, -0.15) is 0 Å². The number of hydrogen-bond acceptors (Lipinski definition) is 6. The molecule has 6 heteroatoms. The number of fused-ring (bicyclic) bond motifs is 4. The Kier molecular flexibility index (Phi) is 10.6. The maximum Gasteiger partial charge on any atom is 0.188 e. The second-order valence-corrected chi connectivity index (χ2v) is 13.1. The molecule has 0 aliphatic carbocycles. The second-order valence-electron chi connectivity index (χ2n) is 13.1. The fraction of sp³-hybridized carbons (Fsp3) is 0.167. The van der Waals surface area contributed by atoms with Crippen molar-refractivity contribution < 1.29 is 28.4 Å². The number of ether oxygens (including phenoxy) is 6. The smallest absolute Gasteiger partial charge is 0.188 e. The van der Waals surface area contributed by atoms with Crippen LogP contribution in [0.4, 0.5) is 0 Å². The molecule has 0 aliphatic rings. The van der Waals surface area contributed by atoms with Gasteiger partial charge in [0.15, 0.2) is 13.6 Å². The molecule has 0 saturated carbocycles. The van der Waals surface area contributed by atoms with Crippen LogP contribution in [0.25, 0.3) is 65.3 Å². The molecule has 0 amide bonds. The lowest BCUT2D eigenvalue weighted by Gasteiger charge is -2.20. The number of benzene rings is 8. The van der Waals surface area contributed by atoms with Crippen molar-refractivity contribution in [1.82, 2.24) is 0 Å². The summed E-state index contributed by atoms with van der Waals surface area (Å²) in [5.74, 6) is 3.12. The molecule has 8 aromatic rings. The van der Waals surface area contributed by atoms with Gasteiger partial charge in [0.05, 0.1) is 13.2 Å². The van der Waals surface area contributed by atoms with Crippen molar-refractivity contribution in [1.29, 1.82) is 0 Å². The van der Waals surface area contributed by atoms with E-state index in [4.69, 9.17) is 28.4 Å². The molecule has 0 saturated heterocycles. The van der Waals surface area contributed by atoms with Gasteiger partial charge < -0.3 is 28.4 Å². The molecule has 0 aromatic heterocycles. The first kappa shape index (κ1) is 35.0. The summed E-state index contributed by atoms with van der Waals surface area (Å²) in [6.45, 7) is 1.34. The van der Waals surface area contributed by atoms with E-state index in [9.17, 15) is 0 Å². The predicted octanol–water partition coefficient (Wildman–Crippen LogP) is 11.8. The van der Waals surface area contributed by atoms with Gasteiger partial charge in [-0.15, -0.1) is 0 Å². The Morgan fingerprint density at radius 1 is 0.315 bits per heavy atom. The van der Waals surface area contributed by atoms with Gasteiger partial charge in [-0.1, -0.05) is 121 Å². The molecule has 0 spiro atoms. The molecule has 6 nitrogen and oxygen atoms in total. The van der Waals surface area contributed by atoms with E-state index in [1.165, 1.54) is 0 Å². The van der Waals surface area contributed by atoms with Crippen molar-refractivity contribution in [2.75, 3.05) is 41.0 Å². The summed E-state index contributed by atoms with van der Waals surface area (Å²) in [7, 11) is 3.27. The molecular weight excluding hydrogens is 673 g/mol. The molecule has 54 heavy (non-hydrogen) atoms. The van der Waals surface area contributed by atoms with Crippen molar-refractivity contribution in [3.8, 4) is 45.3 Å². The Labute approximate surface area is 315 Å². The van der Waals surface area contributed by atoms with Crippen LogP contribution < -0.4 is 18.9 Å². The lowest BCUT2D eigenvalue weighted by atomic mass is 9.92. The van der Waals surface area contributed by atoms with Crippen LogP contribution in [0.3, 0.4) is 0 Å². The Morgan fingerprint density at radius 2 is 0.593 bits per heavy atom. The topological polar surface area (TPSA) is 55.4 Å². The van der Waals surface area contributed by atoms with Crippen LogP contribution in [0.1, 0.15) is 12.8 Å². The zero-order valence-electron chi connectivity index (χ0n) is 30.5. The lowest BCUT2D eigenvalue weighted by molar-refractivity contribution is 0.0514. The maximum atomic E-state index is 6.64. The van der Waals surface area contributed by atoms with Crippen molar-refractivity contribution in [2.24, 2.45) is 0 Å². The fourth-order valence-corrected chi connectivity index (χ4v) is 7.33. The summed E-state index contributed by atoms with van der Waals surface area (Å²) in [5.41, 5.74) is 4.00. The SMILES string of the molecule is COCOc1ccc2ccccc2c1-c1c(OCCCCOc2ccc3ccccc3c2-c2c(OCOC)ccc3ccccc23)ccc2ccccc12. The number of rotatable bonds is 15. The molecule has 270 valence electrons. The Hall–Kier alpha value is -6.08. The molecule has 0 atom stereocenters. The van der Waals surface area contributed by atoms with E-state index in [0.29, 0.717) is 13.2 Å². The van der Waals surface area contributed by atoms with Crippen LogP contribution in [0, 0.1) is 0 Å². The van der Waals surface area contributed by atoms with E-state index in [0.717, 1.165) is 101 Å². The quantitative estimate of drug-likeness (QED) is 0.0778. The first-order valence-corrected chi connectivity index (χ1v) is 18.3. The maximum absolute atomic E-state index is 6.64. The summed E-state index contributed by atoms with van der Waals surface area (Å²) in [4.78, 5) is 0. The van der Waals surface area contributed by atoms with Gasteiger partial charge in [0.2, 0.25) is 0 Å². The monoisotopic (exact) mass is 714 g/mol. The number of unbranched alkanes of at least 4 members (excludes halogenated alkanes) is 1. The lowest BCUT2D eigenvalue weighted by Crippen LogP contribution is -2.05. The van der Waals surface area contributed by atoms with E-state index >= 15 is 0 Å². The summed E-state index contributed by atoms with van der Waals surface area (Å²) in [6.07, 6.45) is 1.60. The van der Waals surface area contributed by atoms with Crippen LogP contribution in [-0.2, 0) is 9.47 Å². The van der Waals surface area contributed by atoms with Gasteiger partial charge in [-0.25, -0.2) is 0 Å². The highest BCUT2D eigenvalue weighted by atomic mass is 16.7. The first-order valence-electron chi connectivity index (χ1n) is 18.3. The average molecular weight is 715 g/mol. The van der Waals surface area contributed by atoms with Crippen molar-refractivity contribution >= 4 is 43.1 Å². The number of methoxy groups -OCH3 is 2. The molecular formula is C48H42O6. The summed E-state index contributed by atoms with van der Waals surface area (Å²) < 4.78 is 36.2. The van der Waals surface area contributed by atoms with Gasteiger partial charge >= 0.3 is 0 Å². The van der Waals surface area contributed by atoms with Crippen LogP contribution >= 0.6 is 0 Å². The van der Waals surface area contributed by atoms with Gasteiger partial charge in [0, 0.05) is 36.5 Å². The minimum Gasteiger partial charge on any atom is -0.493 e. The molecule has 0 radical (unpaired) electrons. The molecule has 0 unspecified atom stereocenters. The van der Waals surface area contributed by atoms with E-state index < -0.39 is 0 Å². The third-order valence-corrected chi connectivity index (χ3v) is 9.78. The van der Waals surface area contributed by atoms with E-state index in [1.807, 2.05) is 12.1 Å². The van der Waals surface area contributed by atoms with Gasteiger partial charge in [0.25, 0.3) is 0 Å². The summed E-state index contributed by atoms with van der Waals surface area (Å²) >= 11 is 0. The molecule has 0 fully saturated rings. The molecule has 0 N–H and O–H groups in total. The highest BCUT2D eigenvalue weighted by Crippen LogP contribution is 2.47. The zero-order valence-corrected chi connectivity index (χ0v) is 30.5. The Balaban J connectivity index is 1.06. The standard InChI is InChI=1S/C48H42O6/c1-49-31-53-43-27-23-35-15-5-9-19-39(35)47(43)45-37-17-7-3-13-33(37)21-25-41(45)51-29-11-12-30-52-42-26-22-34-14-4-8-18-38(34)46(42)48-40-20-10-6-16-36(40)24-28-44(48)54-32-50-2/h3-10,13-28H,11-12,29-32H2,1-2H3. The summed E-state index contributed by atoms with van der Waals surface area (Å²) in [6, 6.07) is 50.2. The fourth-order valence-electron chi connectivity index (χ4n) is 7.33. The minimum atomic E-state index is 0.146. The normalized spacial score (nSPS) is 11.4. The third kappa shape index (κ3) is 7.02. The van der Waals surface area contributed by atoms with Crippen molar-refractivity contribution in [2.45, 2.75) is 12.8 Å². The van der Waals surface area contributed by atoms with Crippen LogP contribution in [0.2, 0.25) is 0 Å². The Morgan fingerprint density at radius 3 is 0.889 bits per heavy atom. The van der Waals surface area contributed by atoms with Gasteiger partial charge in [-0.3, -0.25) is 0 Å². The predicted molar refractivity (Wildman–Crippen MR) is 219 cm³/mol. The first-order chi connectivity index (χ1) is 26.7. The van der Waals surface area contributed by atoms with Crippen molar-refractivity contribution in [3.05, 3.63) is 146 Å². The summed E-state index contributed by atoms with van der Waals surface area (Å²) in [5, 5.41) is 8.90. The van der Waals surface area contributed by atoms with E-state index in [2.05, 4.69) is 133 Å². The molecule has 0 heterocycles. The highest BCUT2D eigenvalue weighted by Gasteiger charge is 2.21. The van der Waals surface area contributed by atoms with Gasteiger partial charge in [0.1, 0.15) is 23.0 Å². The second kappa shape index (κ2) is 16.3. The molecule has 8 rings (SSSR count). The zero-order chi connectivity index (χ0) is 36.7. The third-order valence-electron chi connectivity index (χ3n) is 9.78. The van der Waals surface area contributed by atoms with Crippen LogP contribution in [0.15, 0.2) is 146 Å². The van der Waals surface area contributed by atoms with Crippen LogP contribution in [-0.4, -0.2) is 41.0 Å².